The minimum Gasteiger partial charge on any atom is -0.355 e. The molecule has 2 aliphatic rings. The number of hydrogen-bond acceptors (Lipinski definition) is 3. The van der Waals surface area contributed by atoms with E-state index in [2.05, 4.69) is 24.2 Å². The van der Waals surface area contributed by atoms with Gasteiger partial charge < -0.3 is 15.1 Å². The number of hydrogen-bond donors (Lipinski definition) is 1. The van der Waals surface area contributed by atoms with Gasteiger partial charge in [0.05, 0.1) is 0 Å². The summed E-state index contributed by atoms with van der Waals surface area (Å²) in [5.74, 6) is -0.000485. The molecule has 1 heterocycles. The molecule has 0 unspecified atom stereocenters. The molecule has 19 heavy (non-hydrogen) atoms. The van der Waals surface area contributed by atoms with Crippen molar-refractivity contribution in [1.82, 2.24) is 15.1 Å². The van der Waals surface area contributed by atoms with Crippen molar-refractivity contribution in [2.75, 3.05) is 39.8 Å². The van der Waals surface area contributed by atoms with E-state index in [-0.39, 0.29) is 11.8 Å². The highest BCUT2D eigenvalue weighted by molar-refractivity contribution is 6.07. The predicted molar refractivity (Wildman–Crippen MR) is 73.7 cm³/mol. The summed E-state index contributed by atoms with van der Waals surface area (Å²) in [4.78, 5) is 28.8. The second-order valence-electron chi connectivity index (χ2n) is 5.79. The van der Waals surface area contributed by atoms with E-state index >= 15 is 0 Å². The first-order valence-corrected chi connectivity index (χ1v) is 7.36. The molecule has 2 fully saturated rings. The number of nitrogens with zero attached hydrogens (tertiary/aromatic N) is 2. The van der Waals surface area contributed by atoms with Crippen LogP contribution in [0.4, 0.5) is 0 Å². The summed E-state index contributed by atoms with van der Waals surface area (Å²) in [5, 5.41) is 2.92. The number of likely N-dealkylation sites (N-methyl/N-ethyl adjacent to an activating group) is 1. The highest BCUT2D eigenvalue weighted by Gasteiger charge is 2.57. The lowest BCUT2D eigenvalue weighted by atomic mass is 10.0. The molecule has 0 atom stereocenters. The van der Waals surface area contributed by atoms with Gasteiger partial charge in [-0.25, -0.2) is 0 Å². The van der Waals surface area contributed by atoms with Crippen LogP contribution in [0.15, 0.2) is 0 Å². The van der Waals surface area contributed by atoms with E-state index in [4.69, 9.17) is 0 Å². The van der Waals surface area contributed by atoms with Gasteiger partial charge in [0, 0.05) is 32.7 Å². The van der Waals surface area contributed by atoms with Gasteiger partial charge in [-0.3, -0.25) is 9.59 Å². The van der Waals surface area contributed by atoms with Crippen molar-refractivity contribution >= 4 is 11.8 Å². The van der Waals surface area contributed by atoms with Crippen molar-refractivity contribution < 1.29 is 9.59 Å². The van der Waals surface area contributed by atoms with Crippen LogP contribution in [0.3, 0.4) is 0 Å². The van der Waals surface area contributed by atoms with E-state index in [0.717, 1.165) is 51.9 Å². The van der Waals surface area contributed by atoms with Crippen LogP contribution in [-0.2, 0) is 9.59 Å². The van der Waals surface area contributed by atoms with Crippen molar-refractivity contribution in [3.63, 3.8) is 0 Å². The van der Waals surface area contributed by atoms with Crippen LogP contribution >= 0.6 is 0 Å². The molecule has 5 heteroatoms. The molecule has 1 saturated carbocycles. The van der Waals surface area contributed by atoms with Crippen LogP contribution in [0.2, 0.25) is 0 Å². The van der Waals surface area contributed by atoms with Crippen molar-refractivity contribution in [2.24, 2.45) is 5.41 Å². The molecule has 0 radical (unpaired) electrons. The van der Waals surface area contributed by atoms with E-state index in [9.17, 15) is 9.59 Å². The standard InChI is InChI=1S/C14H25N3O2/c1-3-4-7-15-12(18)14(5-6-14)13(19)17-10-8-16(2)9-11-17/h3-11H2,1-2H3,(H,15,18). The van der Waals surface area contributed by atoms with E-state index < -0.39 is 5.41 Å². The molecule has 1 N–H and O–H groups in total. The number of unbranched alkanes of at least 4 members (excludes halogenated alkanes) is 1. The van der Waals surface area contributed by atoms with Gasteiger partial charge in [0.1, 0.15) is 5.41 Å². The summed E-state index contributed by atoms with van der Waals surface area (Å²) < 4.78 is 0. The lowest BCUT2D eigenvalue weighted by Crippen LogP contribution is -2.52. The average molecular weight is 267 g/mol. The van der Waals surface area contributed by atoms with Gasteiger partial charge >= 0.3 is 0 Å². The van der Waals surface area contributed by atoms with Gasteiger partial charge in [-0.15, -0.1) is 0 Å². The second-order valence-corrected chi connectivity index (χ2v) is 5.79. The first kappa shape index (κ1) is 14.3. The Labute approximate surface area is 115 Å². The average Bonchev–Trinajstić information content (AvgIpc) is 3.20. The molecular weight excluding hydrogens is 242 g/mol. The van der Waals surface area contributed by atoms with Gasteiger partial charge in [0.15, 0.2) is 0 Å². The summed E-state index contributed by atoms with van der Waals surface area (Å²) in [7, 11) is 2.06. The summed E-state index contributed by atoms with van der Waals surface area (Å²) >= 11 is 0. The molecule has 0 aromatic heterocycles. The number of carbonyl (C=O) groups excluding carboxylic acids is 2. The molecule has 0 aromatic carbocycles. The van der Waals surface area contributed by atoms with Crippen LogP contribution in [0, 0.1) is 5.41 Å². The lowest BCUT2D eigenvalue weighted by Gasteiger charge is -2.34. The van der Waals surface area contributed by atoms with E-state index in [1.807, 2.05) is 4.90 Å². The van der Waals surface area contributed by atoms with Crippen LogP contribution in [-0.4, -0.2) is 61.4 Å². The fraction of sp³-hybridized carbons (Fsp3) is 0.857. The second kappa shape index (κ2) is 5.90. The Balaban J connectivity index is 1.88. The Morgan fingerprint density at radius 2 is 1.79 bits per heavy atom. The minimum atomic E-state index is -0.719. The minimum absolute atomic E-state index is 0.0506. The molecule has 0 aromatic rings. The molecule has 1 saturated heterocycles. The van der Waals surface area contributed by atoms with Gasteiger partial charge in [0.2, 0.25) is 11.8 Å². The Hall–Kier alpha value is -1.10. The zero-order valence-electron chi connectivity index (χ0n) is 12.1. The monoisotopic (exact) mass is 267 g/mol. The topological polar surface area (TPSA) is 52.7 Å². The zero-order chi connectivity index (χ0) is 13.9. The van der Waals surface area contributed by atoms with Crippen LogP contribution in [0.5, 0.6) is 0 Å². The van der Waals surface area contributed by atoms with Gasteiger partial charge in [-0.2, -0.15) is 0 Å². The van der Waals surface area contributed by atoms with Crippen LogP contribution < -0.4 is 5.32 Å². The fourth-order valence-corrected chi connectivity index (χ4v) is 2.52. The lowest BCUT2D eigenvalue weighted by molar-refractivity contribution is -0.145. The quantitative estimate of drug-likeness (QED) is 0.581. The first-order valence-electron chi connectivity index (χ1n) is 7.36. The molecular formula is C14H25N3O2. The number of rotatable bonds is 5. The number of nitrogens with one attached hydrogen (secondary N) is 1. The van der Waals surface area contributed by atoms with Crippen LogP contribution in [0.25, 0.3) is 0 Å². The molecule has 1 aliphatic heterocycles. The number of amides is 2. The van der Waals surface area contributed by atoms with Crippen molar-refractivity contribution in [2.45, 2.75) is 32.6 Å². The number of piperazine rings is 1. The fourth-order valence-electron chi connectivity index (χ4n) is 2.52. The van der Waals surface area contributed by atoms with E-state index in [0.29, 0.717) is 6.54 Å². The molecule has 2 rings (SSSR count). The molecule has 5 nitrogen and oxygen atoms in total. The molecule has 0 bridgehead atoms. The van der Waals surface area contributed by atoms with Crippen molar-refractivity contribution in [3.05, 3.63) is 0 Å². The maximum absolute atomic E-state index is 12.5. The third-order valence-corrected chi connectivity index (χ3v) is 4.20. The Bertz CT molecular complexity index is 345. The summed E-state index contributed by atoms with van der Waals surface area (Å²) in [6.45, 7) is 6.08. The summed E-state index contributed by atoms with van der Waals surface area (Å²) in [6.07, 6.45) is 3.47. The Kier molecular flexibility index (Phi) is 4.45. The van der Waals surface area contributed by atoms with Gasteiger partial charge in [0.25, 0.3) is 0 Å². The normalized spacial score (nSPS) is 22.1. The highest BCUT2D eigenvalue weighted by Crippen LogP contribution is 2.47. The molecule has 1 aliphatic carbocycles. The third kappa shape index (κ3) is 3.08. The third-order valence-electron chi connectivity index (χ3n) is 4.20. The Morgan fingerprint density at radius 3 is 2.32 bits per heavy atom. The smallest absolute Gasteiger partial charge is 0.238 e. The summed E-state index contributed by atoms with van der Waals surface area (Å²) in [5.41, 5.74) is -0.719. The maximum Gasteiger partial charge on any atom is 0.238 e. The SMILES string of the molecule is CCCCNC(=O)C1(C(=O)N2CCN(C)CC2)CC1. The summed E-state index contributed by atoms with van der Waals surface area (Å²) in [6, 6.07) is 0. The Morgan fingerprint density at radius 1 is 1.16 bits per heavy atom. The van der Waals surface area contributed by atoms with Crippen molar-refractivity contribution in [1.29, 1.82) is 0 Å². The van der Waals surface area contributed by atoms with Crippen LogP contribution in [0.1, 0.15) is 32.6 Å². The van der Waals surface area contributed by atoms with Gasteiger partial charge in [-0.05, 0) is 26.3 Å². The zero-order valence-corrected chi connectivity index (χ0v) is 12.1. The molecule has 108 valence electrons. The predicted octanol–water partition coefficient (Wildman–Crippen LogP) is 0.457. The van der Waals surface area contributed by atoms with E-state index in [1.165, 1.54) is 0 Å². The largest absolute Gasteiger partial charge is 0.355 e. The molecule has 0 spiro atoms. The molecule has 2 amide bonds. The van der Waals surface area contributed by atoms with Gasteiger partial charge in [-0.1, -0.05) is 13.3 Å². The first-order chi connectivity index (χ1) is 9.10. The number of carbonyl (C=O) groups is 2. The van der Waals surface area contributed by atoms with Crippen molar-refractivity contribution in [3.8, 4) is 0 Å². The van der Waals surface area contributed by atoms with E-state index in [1.54, 1.807) is 0 Å². The maximum atomic E-state index is 12.5. The highest BCUT2D eigenvalue weighted by atomic mass is 16.2.